The minimum atomic E-state index is -4.10. The summed E-state index contributed by atoms with van der Waals surface area (Å²) >= 11 is 0. The fourth-order valence-electron chi connectivity index (χ4n) is 3.30. The number of halogens is 2. The average Bonchev–Trinajstić information content (AvgIpc) is 2.68. The summed E-state index contributed by atoms with van der Waals surface area (Å²) in [7, 11) is 0.364. The highest BCUT2D eigenvalue weighted by molar-refractivity contribution is 7.89. The molecule has 152 valence electrons. The van der Waals surface area contributed by atoms with Gasteiger partial charge in [-0.1, -0.05) is 42.5 Å². The molecular formula is C21H20F2N2O3S. The first-order valence-electron chi connectivity index (χ1n) is 8.61. The van der Waals surface area contributed by atoms with Gasteiger partial charge >= 0.3 is 0 Å². The van der Waals surface area contributed by atoms with Crippen LogP contribution in [0.1, 0.15) is 0 Å². The van der Waals surface area contributed by atoms with Gasteiger partial charge in [-0.15, -0.1) is 0 Å². The second-order valence-electron chi connectivity index (χ2n) is 6.59. The van der Waals surface area contributed by atoms with Crippen molar-refractivity contribution in [2.45, 2.75) is 4.90 Å². The van der Waals surface area contributed by atoms with Gasteiger partial charge in [0.2, 0.25) is 10.0 Å². The van der Waals surface area contributed by atoms with Crippen LogP contribution < -0.4 is 14.8 Å². The Labute approximate surface area is 168 Å². The summed E-state index contributed by atoms with van der Waals surface area (Å²) in [5, 5.41) is 5.44. The predicted octanol–water partition coefficient (Wildman–Crippen LogP) is 4.02. The Morgan fingerprint density at radius 2 is 1.62 bits per heavy atom. The molecule has 3 aromatic carbocycles. The van der Waals surface area contributed by atoms with Crippen LogP contribution in [-0.2, 0) is 10.0 Å². The number of hydrogen-bond acceptors (Lipinski definition) is 4. The summed E-state index contributed by atoms with van der Waals surface area (Å²) in [5.74, 6) is -2.05. The molecule has 8 heteroatoms. The highest BCUT2D eigenvalue weighted by atomic mass is 32.2. The van der Waals surface area contributed by atoms with E-state index < -0.39 is 21.7 Å². The van der Waals surface area contributed by atoms with Crippen LogP contribution in [0.4, 0.5) is 14.5 Å². The van der Waals surface area contributed by atoms with Crippen LogP contribution in [0.5, 0.6) is 5.75 Å². The van der Waals surface area contributed by atoms with Gasteiger partial charge in [0.15, 0.2) is 17.4 Å². The maximum Gasteiger partial charge on any atom is 0.238 e. The van der Waals surface area contributed by atoms with Crippen LogP contribution in [0.3, 0.4) is 0 Å². The second-order valence-corrected chi connectivity index (χ2v) is 8.12. The lowest BCUT2D eigenvalue weighted by atomic mass is 9.93. The van der Waals surface area contributed by atoms with Crippen molar-refractivity contribution in [3.63, 3.8) is 0 Å². The zero-order valence-corrected chi connectivity index (χ0v) is 16.9. The number of nitrogens with two attached hydrogens (primary N) is 1. The minimum Gasteiger partial charge on any atom is -0.494 e. The summed E-state index contributed by atoms with van der Waals surface area (Å²) in [6.45, 7) is 0. The largest absolute Gasteiger partial charge is 0.494 e. The molecule has 0 atom stereocenters. The fraction of sp³-hybridized carbons (Fsp3) is 0.143. The van der Waals surface area contributed by atoms with E-state index in [1.807, 2.05) is 0 Å². The Hall–Kier alpha value is -2.97. The second kappa shape index (κ2) is 7.81. The molecule has 5 nitrogen and oxygen atoms in total. The van der Waals surface area contributed by atoms with Gasteiger partial charge in [-0.2, -0.15) is 0 Å². The van der Waals surface area contributed by atoms with Crippen LogP contribution >= 0.6 is 0 Å². The van der Waals surface area contributed by atoms with Crippen molar-refractivity contribution in [3.05, 3.63) is 66.2 Å². The molecule has 0 aliphatic carbocycles. The van der Waals surface area contributed by atoms with Gasteiger partial charge in [0, 0.05) is 25.2 Å². The third-order valence-corrected chi connectivity index (χ3v) is 5.44. The summed E-state index contributed by atoms with van der Waals surface area (Å²) in [6, 6.07) is 14.2. The molecular weight excluding hydrogens is 398 g/mol. The van der Waals surface area contributed by atoms with Crippen molar-refractivity contribution in [2.24, 2.45) is 5.14 Å². The van der Waals surface area contributed by atoms with Crippen molar-refractivity contribution < 1.29 is 21.9 Å². The van der Waals surface area contributed by atoms with Gasteiger partial charge in [0.05, 0.1) is 12.0 Å². The van der Waals surface area contributed by atoms with E-state index in [9.17, 15) is 17.2 Å². The predicted molar refractivity (Wildman–Crippen MR) is 109 cm³/mol. The Morgan fingerprint density at radius 3 is 2.17 bits per heavy atom. The zero-order chi connectivity index (χ0) is 21.3. The van der Waals surface area contributed by atoms with Crippen molar-refractivity contribution in [2.75, 3.05) is 26.1 Å². The quantitative estimate of drug-likeness (QED) is 0.679. The first kappa shape index (κ1) is 20.8. The average molecular weight is 418 g/mol. The monoisotopic (exact) mass is 418 g/mol. The number of benzene rings is 3. The van der Waals surface area contributed by atoms with E-state index in [1.165, 1.54) is 24.1 Å². The molecule has 0 radical (unpaired) electrons. The van der Waals surface area contributed by atoms with Crippen LogP contribution in [-0.4, -0.2) is 29.6 Å². The van der Waals surface area contributed by atoms with Crippen LogP contribution in [0.2, 0.25) is 0 Å². The first-order valence-corrected chi connectivity index (χ1v) is 10.2. The van der Waals surface area contributed by atoms with Crippen molar-refractivity contribution in [3.8, 4) is 28.0 Å². The number of primary sulfonamides is 1. The number of sulfonamides is 1. The van der Waals surface area contributed by atoms with E-state index in [0.29, 0.717) is 11.1 Å². The molecule has 0 unspecified atom stereocenters. The van der Waals surface area contributed by atoms with Crippen molar-refractivity contribution >= 4 is 15.7 Å². The van der Waals surface area contributed by atoms with Crippen LogP contribution in [0, 0.1) is 11.6 Å². The molecule has 3 aromatic rings. The Morgan fingerprint density at radius 1 is 0.966 bits per heavy atom. The van der Waals surface area contributed by atoms with Gasteiger partial charge in [-0.05, 0) is 23.3 Å². The first-order chi connectivity index (χ1) is 13.7. The van der Waals surface area contributed by atoms with Gasteiger partial charge < -0.3 is 9.64 Å². The number of nitrogens with zero attached hydrogens (tertiary/aromatic N) is 1. The lowest BCUT2D eigenvalue weighted by molar-refractivity contribution is 0.409. The molecule has 0 saturated carbocycles. The summed E-state index contributed by atoms with van der Waals surface area (Å²) in [6.07, 6.45) is 0. The van der Waals surface area contributed by atoms with Crippen molar-refractivity contribution in [1.29, 1.82) is 0 Å². The van der Waals surface area contributed by atoms with Gasteiger partial charge in [0.25, 0.3) is 0 Å². The van der Waals surface area contributed by atoms with Crippen molar-refractivity contribution in [1.82, 2.24) is 0 Å². The van der Waals surface area contributed by atoms with Crippen LogP contribution in [0.25, 0.3) is 22.3 Å². The van der Waals surface area contributed by atoms with E-state index in [4.69, 9.17) is 9.88 Å². The van der Waals surface area contributed by atoms with E-state index in [0.717, 1.165) is 6.07 Å². The standard InChI is InChI=1S/C21H20F2N2O3S/c1-25(2)20-19(23)16(22)12-15(21(20)28-3)14-10-7-11-17(29(24,26)27)18(14)13-8-5-4-6-9-13/h4-12H,1-3H3,(H2,24,26,27). The highest BCUT2D eigenvalue weighted by Gasteiger charge is 2.26. The molecule has 0 fully saturated rings. The molecule has 0 aliphatic rings. The number of ether oxygens (including phenoxy) is 1. The molecule has 0 amide bonds. The topological polar surface area (TPSA) is 72.6 Å². The van der Waals surface area contributed by atoms with Gasteiger partial charge in [-0.25, -0.2) is 22.3 Å². The summed E-state index contributed by atoms with van der Waals surface area (Å²) < 4.78 is 58.9. The Balaban J connectivity index is 2.49. The molecule has 0 aromatic heterocycles. The smallest absolute Gasteiger partial charge is 0.238 e. The molecule has 0 bridgehead atoms. The Bertz CT molecular complexity index is 1160. The van der Waals surface area contributed by atoms with Gasteiger partial charge in [-0.3, -0.25) is 0 Å². The SMILES string of the molecule is COc1c(-c2cccc(S(N)(=O)=O)c2-c2ccccc2)cc(F)c(F)c1N(C)C. The van der Waals surface area contributed by atoms with Gasteiger partial charge in [0.1, 0.15) is 5.69 Å². The van der Waals surface area contributed by atoms with E-state index >= 15 is 0 Å². The third-order valence-electron chi connectivity index (χ3n) is 4.49. The number of anilines is 1. The maximum absolute atomic E-state index is 14.5. The van der Waals surface area contributed by atoms with E-state index in [2.05, 4.69) is 0 Å². The highest BCUT2D eigenvalue weighted by Crippen LogP contribution is 2.45. The summed E-state index contributed by atoms with van der Waals surface area (Å²) in [5.41, 5.74) is 1.32. The minimum absolute atomic E-state index is 0.0810. The number of methoxy groups -OCH3 is 1. The molecule has 0 saturated heterocycles. The van der Waals surface area contributed by atoms with Crippen LogP contribution in [0.15, 0.2) is 59.5 Å². The molecule has 2 N–H and O–H groups in total. The van der Waals surface area contributed by atoms with E-state index in [1.54, 1.807) is 50.5 Å². The maximum atomic E-state index is 14.5. The zero-order valence-electron chi connectivity index (χ0n) is 16.1. The third kappa shape index (κ3) is 3.81. The lowest BCUT2D eigenvalue weighted by Crippen LogP contribution is -2.15. The normalized spacial score (nSPS) is 11.4. The molecule has 0 spiro atoms. The van der Waals surface area contributed by atoms with E-state index in [-0.39, 0.29) is 27.5 Å². The lowest BCUT2D eigenvalue weighted by Gasteiger charge is -2.22. The molecule has 29 heavy (non-hydrogen) atoms. The molecule has 3 rings (SSSR count). The number of rotatable bonds is 5. The Kier molecular flexibility index (Phi) is 5.59. The molecule has 0 heterocycles. The summed E-state index contributed by atoms with van der Waals surface area (Å²) in [4.78, 5) is 1.27. The fourth-order valence-corrected chi connectivity index (χ4v) is 4.08. The number of hydrogen-bond donors (Lipinski definition) is 1. The molecule has 0 aliphatic heterocycles.